The van der Waals surface area contributed by atoms with Crippen LogP contribution in [0.25, 0.3) is 0 Å². The second-order valence-electron chi connectivity index (χ2n) is 7.45. The number of para-hydroxylation sites is 1. The zero-order valence-corrected chi connectivity index (χ0v) is 15.9. The van der Waals surface area contributed by atoms with Gasteiger partial charge in [-0.3, -0.25) is 9.59 Å². The highest BCUT2D eigenvalue weighted by Gasteiger charge is 2.49. The van der Waals surface area contributed by atoms with Crippen LogP contribution in [0, 0.1) is 5.92 Å². The molecule has 0 radical (unpaired) electrons. The van der Waals surface area contributed by atoms with E-state index in [1.807, 2.05) is 60.7 Å². The lowest BCUT2D eigenvalue weighted by Gasteiger charge is -2.43. The molecule has 3 rings (SSSR count). The number of carbonyl (C=O) groups excluding carboxylic acids is 2. The Bertz CT molecular complexity index is 869. The highest BCUT2D eigenvalue weighted by atomic mass is 16.3. The van der Waals surface area contributed by atoms with Crippen molar-refractivity contribution in [2.24, 2.45) is 5.92 Å². The minimum atomic E-state index is -1.26. The van der Waals surface area contributed by atoms with Crippen LogP contribution >= 0.6 is 0 Å². The van der Waals surface area contributed by atoms with Crippen molar-refractivity contribution in [1.29, 1.82) is 0 Å². The summed E-state index contributed by atoms with van der Waals surface area (Å²) in [6.07, 6.45) is 0.213. The number of anilines is 1. The third kappa shape index (κ3) is 3.86. The topological polar surface area (TPSA) is 66.4 Å². The average molecular weight is 363 g/mol. The lowest BCUT2D eigenvalue weighted by molar-refractivity contribution is -0.131. The number of allylic oxidation sites excluding steroid dienone is 1. The molecule has 140 valence electrons. The first-order valence-electron chi connectivity index (χ1n) is 9.15. The smallest absolute Gasteiger partial charge is 0.158 e. The predicted molar refractivity (Wildman–Crippen MR) is 106 cm³/mol. The van der Waals surface area contributed by atoms with Crippen LogP contribution in [0.2, 0.25) is 0 Å². The number of hydrogen-bond acceptors (Lipinski definition) is 4. The molecule has 0 spiro atoms. The van der Waals surface area contributed by atoms with Gasteiger partial charge in [-0.15, -0.1) is 0 Å². The Morgan fingerprint density at radius 3 is 2.07 bits per heavy atom. The van der Waals surface area contributed by atoms with Gasteiger partial charge in [0.15, 0.2) is 5.78 Å². The molecule has 0 bridgehead atoms. The number of carbonyl (C=O) groups is 2. The van der Waals surface area contributed by atoms with Crippen molar-refractivity contribution in [2.75, 3.05) is 5.32 Å². The number of aliphatic hydroxyl groups is 1. The Morgan fingerprint density at radius 1 is 1.00 bits per heavy atom. The van der Waals surface area contributed by atoms with Gasteiger partial charge in [0.1, 0.15) is 5.78 Å². The summed E-state index contributed by atoms with van der Waals surface area (Å²) >= 11 is 0. The predicted octanol–water partition coefficient (Wildman–Crippen LogP) is 4.09. The van der Waals surface area contributed by atoms with E-state index < -0.39 is 17.4 Å². The number of nitrogens with one attached hydrogen (secondary N) is 1. The summed E-state index contributed by atoms with van der Waals surface area (Å²) in [4.78, 5) is 25.2. The molecule has 0 aliphatic heterocycles. The van der Waals surface area contributed by atoms with Crippen LogP contribution in [0.3, 0.4) is 0 Å². The quantitative estimate of drug-likeness (QED) is 0.840. The Balaban J connectivity index is 2.20. The van der Waals surface area contributed by atoms with Crippen molar-refractivity contribution in [1.82, 2.24) is 0 Å². The van der Waals surface area contributed by atoms with Crippen molar-refractivity contribution in [3.8, 4) is 0 Å². The van der Waals surface area contributed by atoms with Gasteiger partial charge in [-0.1, -0.05) is 48.5 Å². The van der Waals surface area contributed by atoms with Gasteiger partial charge in [-0.2, -0.15) is 0 Å². The van der Waals surface area contributed by atoms with E-state index in [9.17, 15) is 14.7 Å². The van der Waals surface area contributed by atoms with Crippen LogP contribution in [0.5, 0.6) is 0 Å². The largest absolute Gasteiger partial charge is 0.389 e. The van der Waals surface area contributed by atoms with Crippen molar-refractivity contribution < 1.29 is 14.7 Å². The molecule has 2 N–H and O–H groups in total. The highest BCUT2D eigenvalue weighted by molar-refractivity contribution is 5.98. The SMILES string of the molecule is CC(=O)C1=C(Nc2ccccc2)C[C@](C)(O)[C@H](C(C)=O)[C@@H]1c1ccccc1. The van der Waals surface area contributed by atoms with E-state index in [0.717, 1.165) is 11.3 Å². The molecule has 1 aliphatic rings. The minimum Gasteiger partial charge on any atom is -0.389 e. The molecular weight excluding hydrogens is 338 g/mol. The number of hydrogen-bond donors (Lipinski definition) is 2. The number of rotatable bonds is 5. The van der Waals surface area contributed by atoms with Crippen molar-refractivity contribution in [3.63, 3.8) is 0 Å². The molecule has 4 heteroatoms. The fourth-order valence-electron chi connectivity index (χ4n) is 4.21. The maximum atomic E-state index is 12.7. The van der Waals surface area contributed by atoms with Crippen LogP contribution in [-0.4, -0.2) is 22.3 Å². The third-order valence-electron chi connectivity index (χ3n) is 5.22. The monoisotopic (exact) mass is 363 g/mol. The molecule has 1 aliphatic carbocycles. The van der Waals surface area contributed by atoms with Crippen LogP contribution in [0.4, 0.5) is 5.69 Å². The second kappa shape index (κ2) is 7.49. The maximum absolute atomic E-state index is 12.7. The standard InChI is InChI=1S/C23H25NO3/c1-15(25)20-19(24-18-12-8-5-9-13-18)14-23(3,27)22(16(2)26)21(20)17-10-6-4-7-11-17/h4-13,21-22,24,27H,14H2,1-3H3/t21-,22-,23+/m1/s1. The molecular formula is C23H25NO3. The van der Waals surface area contributed by atoms with Gasteiger partial charge in [-0.05, 0) is 38.5 Å². The van der Waals surface area contributed by atoms with Gasteiger partial charge in [0.25, 0.3) is 0 Å². The summed E-state index contributed by atoms with van der Waals surface area (Å²) in [5.41, 5.74) is 1.68. The van der Waals surface area contributed by atoms with E-state index in [2.05, 4.69) is 5.32 Å². The Morgan fingerprint density at radius 2 is 1.56 bits per heavy atom. The van der Waals surface area contributed by atoms with E-state index in [4.69, 9.17) is 0 Å². The van der Waals surface area contributed by atoms with Crippen LogP contribution in [0.15, 0.2) is 71.9 Å². The van der Waals surface area contributed by atoms with Crippen LogP contribution < -0.4 is 5.32 Å². The number of benzene rings is 2. The van der Waals surface area contributed by atoms with Gasteiger partial charge in [0.2, 0.25) is 0 Å². The maximum Gasteiger partial charge on any atom is 0.158 e. The summed E-state index contributed by atoms with van der Waals surface area (Å²) in [5.74, 6) is -1.38. The summed E-state index contributed by atoms with van der Waals surface area (Å²) < 4.78 is 0. The molecule has 0 fully saturated rings. The zero-order chi connectivity index (χ0) is 19.6. The molecule has 0 saturated heterocycles. The van der Waals surface area contributed by atoms with Crippen molar-refractivity contribution >= 4 is 17.3 Å². The first-order valence-corrected chi connectivity index (χ1v) is 9.15. The second-order valence-corrected chi connectivity index (χ2v) is 7.45. The summed E-state index contributed by atoms with van der Waals surface area (Å²) in [6.45, 7) is 4.69. The molecule has 0 aromatic heterocycles. The first-order chi connectivity index (χ1) is 12.8. The van der Waals surface area contributed by atoms with E-state index in [0.29, 0.717) is 11.3 Å². The summed E-state index contributed by atoms with van der Waals surface area (Å²) in [7, 11) is 0. The summed E-state index contributed by atoms with van der Waals surface area (Å²) in [6, 6.07) is 19.0. The normalized spacial score (nSPS) is 25.2. The van der Waals surface area contributed by atoms with Crippen molar-refractivity contribution in [3.05, 3.63) is 77.5 Å². The van der Waals surface area contributed by atoms with Crippen LogP contribution in [0.1, 0.15) is 38.7 Å². The fourth-order valence-corrected chi connectivity index (χ4v) is 4.21. The van der Waals surface area contributed by atoms with E-state index >= 15 is 0 Å². The van der Waals surface area contributed by atoms with Gasteiger partial charge < -0.3 is 10.4 Å². The Hall–Kier alpha value is -2.72. The lowest BCUT2D eigenvalue weighted by Crippen LogP contribution is -2.48. The summed E-state index contributed by atoms with van der Waals surface area (Å²) in [5, 5.41) is 14.5. The van der Waals surface area contributed by atoms with Gasteiger partial charge in [-0.25, -0.2) is 0 Å². The molecule has 0 saturated carbocycles. The molecule has 0 heterocycles. The van der Waals surface area contributed by atoms with E-state index in [1.54, 1.807) is 6.92 Å². The van der Waals surface area contributed by atoms with Crippen molar-refractivity contribution in [2.45, 2.75) is 38.7 Å². The molecule has 3 atom stereocenters. The van der Waals surface area contributed by atoms with E-state index in [-0.39, 0.29) is 18.0 Å². The molecule has 27 heavy (non-hydrogen) atoms. The zero-order valence-electron chi connectivity index (χ0n) is 15.9. The molecule has 4 nitrogen and oxygen atoms in total. The molecule has 0 unspecified atom stereocenters. The van der Waals surface area contributed by atoms with Crippen LogP contribution in [-0.2, 0) is 9.59 Å². The third-order valence-corrected chi connectivity index (χ3v) is 5.22. The Labute approximate surface area is 159 Å². The van der Waals surface area contributed by atoms with Gasteiger partial charge in [0.05, 0.1) is 11.5 Å². The average Bonchev–Trinajstić information content (AvgIpc) is 2.61. The van der Waals surface area contributed by atoms with E-state index in [1.165, 1.54) is 13.8 Å². The minimum absolute atomic E-state index is 0.0935. The number of ketones is 2. The van der Waals surface area contributed by atoms with Gasteiger partial charge in [0, 0.05) is 29.3 Å². The lowest BCUT2D eigenvalue weighted by atomic mass is 9.64. The molecule has 0 amide bonds. The fraction of sp³-hybridized carbons (Fsp3) is 0.304. The molecule has 2 aromatic rings. The molecule has 2 aromatic carbocycles. The van der Waals surface area contributed by atoms with Gasteiger partial charge >= 0.3 is 0 Å². The highest BCUT2D eigenvalue weighted by Crippen LogP contribution is 2.47. The first kappa shape index (κ1) is 19.1. The Kier molecular flexibility index (Phi) is 5.29. The number of Topliss-reactive ketones (excluding diaryl/α,β-unsaturated/α-hetero) is 2.